The van der Waals surface area contributed by atoms with Crippen LogP contribution < -0.4 is 25.5 Å². The topological polar surface area (TPSA) is 108 Å². The maximum atomic E-state index is 13.8. The number of aryl methyl sites for hydroxylation is 1. The lowest BCUT2D eigenvalue weighted by molar-refractivity contribution is -0.274. The second-order valence-electron chi connectivity index (χ2n) is 10.3. The van der Waals surface area contributed by atoms with Crippen molar-refractivity contribution in [2.24, 2.45) is 7.05 Å². The molecule has 1 aliphatic heterocycles. The zero-order chi connectivity index (χ0) is 32.0. The van der Waals surface area contributed by atoms with Gasteiger partial charge in [0.1, 0.15) is 24.7 Å². The van der Waals surface area contributed by atoms with E-state index in [9.17, 15) is 22.8 Å². The number of ether oxygens (including phenoxy) is 5. The molecule has 3 heterocycles. The van der Waals surface area contributed by atoms with Gasteiger partial charge in [-0.25, -0.2) is 4.79 Å². The number of hydrogen-bond acceptors (Lipinski definition) is 8. The average molecular weight is 653 g/mol. The molecule has 15 heteroatoms. The number of alkyl halides is 3. The fraction of sp³-hybridized carbons (Fsp3) is 0.433. The van der Waals surface area contributed by atoms with E-state index in [0.717, 1.165) is 41.5 Å². The molecule has 0 bridgehead atoms. The molecule has 11 nitrogen and oxygen atoms in total. The SMILES string of the molecule is Cn1c(=O)n(CCCOC2CCCCO2)c(=O)c2c1nc(OCCOc1cccc(OC(F)(F)F)c1)n2Cc1ccc(Cl)cc1. The van der Waals surface area contributed by atoms with Gasteiger partial charge in [-0.1, -0.05) is 29.8 Å². The van der Waals surface area contributed by atoms with E-state index in [1.807, 2.05) is 0 Å². The van der Waals surface area contributed by atoms with Crippen molar-refractivity contribution in [3.8, 4) is 17.5 Å². The molecule has 0 saturated carbocycles. The zero-order valence-corrected chi connectivity index (χ0v) is 25.2. The van der Waals surface area contributed by atoms with Crippen molar-refractivity contribution in [2.45, 2.75) is 51.4 Å². The second-order valence-corrected chi connectivity index (χ2v) is 10.8. The number of aromatic nitrogens is 4. The normalized spacial score (nSPS) is 15.4. The molecule has 0 amide bonds. The molecular formula is C30H32ClF3N4O7. The van der Waals surface area contributed by atoms with Gasteiger partial charge in [0.25, 0.3) is 11.6 Å². The zero-order valence-electron chi connectivity index (χ0n) is 24.4. The van der Waals surface area contributed by atoms with Crippen molar-refractivity contribution in [1.82, 2.24) is 18.7 Å². The van der Waals surface area contributed by atoms with Crippen LogP contribution in [0, 0.1) is 0 Å². The van der Waals surface area contributed by atoms with Crippen molar-refractivity contribution in [1.29, 1.82) is 0 Å². The van der Waals surface area contributed by atoms with E-state index in [-0.39, 0.29) is 55.5 Å². The molecule has 2 aromatic heterocycles. The molecule has 0 aliphatic carbocycles. The quantitative estimate of drug-likeness (QED) is 0.188. The van der Waals surface area contributed by atoms with Gasteiger partial charge in [-0.2, -0.15) is 4.98 Å². The number of benzene rings is 2. The maximum Gasteiger partial charge on any atom is 0.573 e. The summed E-state index contributed by atoms with van der Waals surface area (Å²) in [5.41, 5.74) is 0.0258. The van der Waals surface area contributed by atoms with E-state index in [1.54, 1.807) is 28.8 Å². The smallest absolute Gasteiger partial charge is 0.490 e. The van der Waals surface area contributed by atoms with E-state index in [1.165, 1.54) is 23.7 Å². The van der Waals surface area contributed by atoms with Crippen LogP contribution in [0.4, 0.5) is 13.2 Å². The highest BCUT2D eigenvalue weighted by Crippen LogP contribution is 2.26. The number of halogens is 4. The molecule has 0 N–H and O–H groups in total. The minimum atomic E-state index is -4.83. The minimum absolute atomic E-state index is 0.0559. The maximum absolute atomic E-state index is 13.8. The van der Waals surface area contributed by atoms with Crippen LogP contribution in [0.2, 0.25) is 5.02 Å². The Hall–Kier alpha value is -4.01. The highest BCUT2D eigenvalue weighted by atomic mass is 35.5. The van der Waals surface area contributed by atoms with Crippen LogP contribution in [0.5, 0.6) is 17.5 Å². The van der Waals surface area contributed by atoms with Gasteiger partial charge in [0.05, 0.1) is 13.2 Å². The van der Waals surface area contributed by atoms with Gasteiger partial charge in [0, 0.05) is 31.3 Å². The van der Waals surface area contributed by atoms with Crippen molar-refractivity contribution < 1.29 is 36.9 Å². The number of hydrogen-bond donors (Lipinski definition) is 0. The van der Waals surface area contributed by atoms with Crippen molar-refractivity contribution in [2.75, 3.05) is 26.4 Å². The molecule has 2 aromatic carbocycles. The van der Waals surface area contributed by atoms with Crippen LogP contribution in [-0.2, 0) is 29.6 Å². The Bertz CT molecular complexity index is 1710. The summed E-state index contributed by atoms with van der Waals surface area (Å²) in [5, 5.41) is 0.540. The fourth-order valence-corrected chi connectivity index (χ4v) is 5.04. The molecule has 1 saturated heterocycles. The van der Waals surface area contributed by atoms with Crippen molar-refractivity contribution in [3.05, 3.63) is 80.0 Å². The number of imidazole rings is 1. The first-order valence-electron chi connectivity index (χ1n) is 14.4. The molecule has 1 atom stereocenters. The predicted molar refractivity (Wildman–Crippen MR) is 158 cm³/mol. The van der Waals surface area contributed by atoms with Crippen LogP contribution in [-0.4, -0.2) is 57.8 Å². The molecule has 45 heavy (non-hydrogen) atoms. The third-order valence-electron chi connectivity index (χ3n) is 7.04. The lowest BCUT2D eigenvalue weighted by Gasteiger charge is -2.22. The second kappa shape index (κ2) is 14.4. The van der Waals surface area contributed by atoms with Crippen molar-refractivity contribution in [3.63, 3.8) is 0 Å². The van der Waals surface area contributed by atoms with Gasteiger partial charge in [-0.15, -0.1) is 13.2 Å². The first-order chi connectivity index (χ1) is 21.6. The molecule has 0 radical (unpaired) electrons. The Morgan fingerprint density at radius 2 is 1.76 bits per heavy atom. The largest absolute Gasteiger partial charge is 0.573 e. The Balaban J connectivity index is 1.35. The molecule has 1 unspecified atom stereocenters. The predicted octanol–water partition coefficient (Wildman–Crippen LogP) is 4.89. The fourth-order valence-electron chi connectivity index (χ4n) is 4.91. The summed E-state index contributed by atoms with van der Waals surface area (Å²) in [6, 6.07) is 12.2. The summed E-state index contributed by atoms with van der Waals surface area (Å²) in [6.07, 6.45) is -1.85. The highest BCUT2D eigenvalue weighted by molar-refractivity contribution is 6.30. The number of rotatable bonds is 13. The molecule has 0 spiro atoms. The monoisotopic (exact) mass is 652 g/mol. The highest BCUT2D eigenvalue weighted by Gasteiger charge is 2.31. The number of nitrogens with zero attached hydrogens (tertiary/aromatic N) is 4. The molecule has 4 aromatic rings. The Kier molecular flexibility index (Phi) is 10.4. The Labute approximate surface area is 260 Å². The van der Waals surface area contributed by atoms with E-state index in [4.69, 9.17) is 30.5 Å². The summed E-state index contributed by atoms with van der Waals surface area (Å²) >= 11 is 6.06. The van der Waals surface area contributed by atoms with Crippen LogP contribution in [0.15, 0.2) is 58.1 Å². The van der Waals surface area contributed by atoms with E-state index >= 15 is 0 Å². The van der Waals surface area contributed by atoms with Crippen LogP contribution >= 0.6 is 11.6 Å². The lowest BCUT2D eigenvalue weighted by atomic mass is 10.2. The van der Waals surface area contributed by atoms with Crippen LogP contribution in [0.25, 0.3) is 11.2 Å². The third kappa shape index (κ3) is 8.38. The van der Waals surface area contributed by atoms with E-state index < -0.39 is 23.4 Å². The summed E-state index contributed by atoms with van der Waals surface area (Å²) in [6.45, 7) is 1.14. The molecule has 5 rings (SSSR count). The minimum Gasteiger partial charge on any atom is -0.490 e. The summed E-state index contributed by atoms with van der Waals surface area (Å²) in [4.78, 5) is 31.4. The Morgan fingerprint density at radius 3 is 2.49 bits per heavy atom. The van der Waals surface area contributed by atoms with E-state index in [0.29, 0.717) is 24.7 Å². The van der Waals surface area contributed by atoms with E-state index in [2.05, 4.69) is 9.72 Å². The summed E-state index contributed by atoms with van der Waals surface area (Å²) in [5.74, 6) is -0.281. The number of fused-ring (bicyclic) bond motifs is 1. The summed E-state index contributed by atoms with van der Waals surface area (Å²) in [7, 11) is 1.52. The van der Waals surface area contributed by atoms with Crippen LogP contribution in [0.3, 0.4) is 0 Å². The van der Waals surface area contributed by atoms with Crippen LogP contribution in [0.1, 0.15) is 31.2 Å². The molecule has 1 fully saturated rings. The van der Waals surface area contributed by atoms with Gasteiger partial charge in [-0.05, 0) is 55.5 Å². The lowest BCUT2D eigenvalue weighted by Crippen LogP contribution is -2.40. The van der Waals surface area contributed by atoms with Gasteiger partial charge < -0.3 is 23.7 Å². The van der Waals surface area contributed by atoms with Gasteiger partial charge in [0.2, 0.25) is 0 Å². The van der Waals surface area contributed by atoms with Gasteiger partial charge >= 0.3 is 12.1 Å². The molecule has 242 valence electrons. The standard InChI is InChI=1S/C30H32ClF3N4O7/c1-36-26-25(27(39)37(29(36)40)13-5-15-43-24-8-2-3-14-42-24)38(19-20-9-11-21(31)12-10-20)28(35-26)44-17-16-41-22-6-4-7-23(18-22)45-30(32,33)34/h4,6-7,9-12,18,24H,2-3,5,8,13-17,19H2,1H3. The first kappa shape index (κ1) is 32.4. The first-order valence-corrected chi connectivity index (χ1v) is 14.8. The Morgan fingerprint density at radius 1 is 1.00 bits per heavy atom. The molecule has 1 aliphatic rings. The third-order valence-corrected chi connectivity index (χ3v) is 7.29. The van der Waals surface area contributed by atoms with Gasteiger partial charge in [0.15, 0.2) is 17.5 Å². The van der Waals surface area contributed by atoms with Crippen molar-refractivity contribution >= 4 is 22.8 Å². The summed E-state index contributed by atoms with van der Waals surface area (Å²) < 4.78 is 68.4. The average Bonchev–Trinajstić information content (AvgIpc) is 3.37. The molecular weight excluding hydrogens is 621 g/mol. The van der Waals surface area contributed by atoms with Gasteiger partial charge in [-0.3, -0.25) is 18.5 Å².